The topological polar surface area (TPSA) is 61.8 Å². The highest BCUT2D eigenvalue weighted by atomic mass is 35.5. The molecule has 0 spiro atoms. The highest BCUT2D eigenvalue weighted by Crippen LogP contribution is 2.35. The van der Waals surface area contributed by atoms with Gasteiger partial charge in [-0.05, 0) is 54.8 Å². The van der Waals surface area contributed by atoms with Gasteiger partial charge in [-0.1, -0.05) is 65.8 Å². The van der Waals surface area contributed by atoms with Gasteiger partial charge >= 0.3 is 0 Å². The minimum absolute atomic E-state index is 0.0835. The van der Waals surface area contributed by atoms with E-state index in [1.165, 1.54) is 23.9 Å². The molecule has 34 heavy (non-hydrogen) atoms. The van der Waals surface area contributed by atoms with Gasteiger partial charge in [0.15, 0.2) is 5.17 Å². The number of thioether (sulfide) groups is 1. The van der Waals surface area contributed by atoms with E-state index in [2.05, 4.69) is 5.32 Å². The van der Waals surface area contributed by atoms with Crippen molar-refractivity contribution in [2.75, 3.05) is 5.32 Å². The third-order valence-corrected chi connectivity index (χ3v) is 6.95. The number of amidine groups is 1. The number of aliphatic imine (C=N–C) groups is 1. The van der Waals surface area contributed by atoms with Gasteiger partial charge in [0.05, 0.1) is 17.9 Å². The zero-order chi connectivity index (χ0) is 24.2. The van der Waals surface area contributed by atoms with Crippen LogP contribution >= 0.6 is 23.4 Å². The van der Waals surface area contributed by atoms with Crippen LogP contribution in [-0.2, 0) is 16.1 Å². The Balaban J connectivity index is 1.61. The van der Waals surface area contributed by atoms with Crippen LogP contribution in [0.2, 0.25) is 5.02 Å². The molecule has 1 heterocycles. The van der Waals surface area contributed by atoms with Crippen LogP contribution in [0.4, 0.5) is 15.8 Å². The maximum Gasteiger partial charge on any atom is 0.242 e. The average molecular weight is 496 g/mol. The number of nitrogens with one attached hydrogen (secondary N) is 1. The number of anilines is 1. The van der Waals surface area contributed by atoms with Crippen LogP contribution in [-0.4, -0.2) is 27.1 Å². The SMILES string of the molecule is Cc1ccc(C)c(N=C2S[C@H](CC(=O)Nc3ccccc3F)C(=O)N2Cc2ccccc2Cl)c1. The third kappa shape index (κ3) is 5.48. The molecule has 0 radical (unpaired) electrons. The molecule has 1 saturated heterocycles. The summed E-state index contributed by atoms with van der Waals surface area (Å²) in [6.45, 7) is 4.17. The largest absolute Gasteiger partial charge is 0.324 e. The van der Waals surface area contributed by atoms with Crippen LogP contribution in [0.15, 0.2) is 71.7 Å². The minimum Gasteiger partial charge on any atom is -0.324 e. The highest BCUT2D eigenvalue weighted by molar-refractivity contribution is 8.15. The number of benzene rings is 3. The van der Waals surface area contributed by atoms with Crippen molar-refractivity contribution in [2.45, 2.75) is 32.1 Å². The second-order valence-corrected chi connectivity index (χ2v) is 9.62. The molecule has 3 aromatic rings. The first-order valence-corrected chi connectivity index (χ1v) is 12.0. The fourth-order valence-electron chi connectivity index (χ4n) is 3.54. The van der Waals surface area contributed by atoms with Crippen LogP contribution in [0.1, 0.15) is 23.1 Å². The predicted octanol–water partition coefficient (Wildman–Crippen LogP) is 6.26. The molecular weight excluding hydrogens is 473 g/mol. The molecule has 174 valence electrons. The minimum atomic E-state index is -0.682. The van der Waals surface area contributed by atoms with Crippen LogP contribution < -0.4 is 5.32 Å². The number of hydrogen-bond acceptors (Lipinski definition) is 4. The summed E-state index contributed by atoms with van der Waals surface area (Å²) < 4.78 is 13.9. The van der Waals surface area contributed by atoms with Crippen molar-refractivity contribution in [1.82, 2.24) is 4.90 Å². The monoisotopic (exact) mass is 495 g/mol. The number of para-hydroxylation sites is 1. The number of amides is 2. The van der Waals surface area contributed by atoms with Crippen molar-refractivity contribution >= 4 is 51.7 Å². The van der Waals surface area contributed by atoms with Gasteiger partial charge in [0, 0.05) is 11.4 Å². The maximum atomic E-state index is 13.9. The van der Waals surface area contributed by atoms with Gasteiger partial charge in [-0.15, -0.1) is 0 Å². The zero-order valence-corrected chi connectivity index (χ0v) is 20.3. The molecule has 5 nitrogen and oxygen atoms in total. The van der Waals surface area contributed by atoms with Crippen LogP contribution in [0.3, 0.4) is 0 Å². The first-order valence-electron chi connectivity index (χ1n) is 10.7. The first kappa shape index (κ1) is 24.0. The number of halogens is 2. The number of carbonyl (C=O) groups excluding carboxylic acids is 2. The molecule has 0 aliphatic carbocycles. The molecule has 0 unspecified atom stereocenters. The summed E-state index contributed by atoms with van der Waals surface area (Å²) in [5.41, 5.74) is 3.65. The summed E-state index contributed by atoms with van der Waals surface area (Å²) in [6, 6.07) is 19.2. The first-order chi connectivity index (χ1) is 16.3. The molecule has 0 saturated carbocycles. The quantitative estimate of drug-likeness (QED) is 0.439. The van der Waals surface area contributed by atoms with E-state index in [0.717, 1.165) is 22.4 Å². The van der Waals surface area contributed by atoms with E-state index >= 15 is 0 Å². The summed E-state index contributed by atoms with van der Waals surface area (Å²) >= 11 is 7.58. The van der Waals surface area contributed by atoms with Gasteiger partial charge in [0.1, 0.15) is 11.1 Å². The Morgan fingerprint density at radius 2 is 1.85 bits per heavy atom. The summed E-state index contributed by atoms with van der Waals surface area (Å²) in [6.07, 6.45) is -0.108. The van der Waals surface area contributed by atoms with Crippen molar-refractivity contribution in [3.63, 3.8) is 0 Å². The van der Waals surface area contributed by atoms with E-state index < -0.39 is 17.0 Å². The van der Waals surface area contributed by atoms with Gasteiger partial charge in [-0.2, -0.15) is 0 Å². The van der Waals surface area contributed by atoms with Crippen molar-refractivity contribution in [3.8, 4) is 0 Å². The lowest BCUT2D eigenvalue weighted by Gasteiger charge is -2.18. The van der Waals surface area contributed by atoms with E-state index in [9.17, 15) is 14.0 Å². The summed E-state index contributed by atoms with van der Waals surface area (Å²) in [4.78, 5) is 32.3. The van der Waals surface area contributed by atoms with Crippen molar-refractivity contribution in [2.24, 2.45) is 4.99 Å². The summed E-state index contributed by atoms with van der Waals surface area (Å²) in [7, 11) is 0. The Labute approximate surface area is 207 Å². The molecule has 1 atom stereocenters. The molecule has 2 amide bonds. The fourth-order valence-corrected chi connectivity index (χ4v) is 4.89. The smallest absolute Gasteiger partial charge is 0.242 e. The Hall–Kier alpha value is -3.16. The highest BCUT2D eigenvalue weighted by Gasteiger charge is 2.39. The molecule has 1 fully saturated rings. The second-order valence-electron chi connectivity index (χ2n) is 8.04. The Morgan fingerprint density at radius 3 is 2.62 bits per heavy atom. The van der Waals surface area contributed by atoms with Gasteiger partial charge in [-0.3, -0.25) is 14.5 Å². The van der Waals surface area contributed by atoms with E-state index in [1.807, 2.05) is 50.2 Å². The fraction of sp³-hybridized carbons (Fsp3) is 0.192. The van der Waals surface area contributed by atoms with Gasteiger partial charge in [-0.25, -0.2) is 9.38 Å². The van der Waals surface area contributed by atoms with Crippen molar-refractivity contribution in [1.29, 1.82) is 0 Å². The molecule has 0 aromatic heterocycles. The number of hydrogen-bond donors (Lipinski definition) is 1. The standard InChI is InChI=1S/C26H23ClFN3O2S/c1-16-11-12-17(2)22(13-16)30-26-31(15-18-7-3-4-8-19(18)27)25(33)23(34-26)14-24(32)29-21-10-6-5-9-20(21)28/h3-13,23H,14-15H2,1-2H3,(H,29,32)/t23-/m1/s1. The Bertz CT molecular complexity index is 1280. The summed E-state index contributed by atoms with van der Waals surface area (Å²) in [5.74, 6) is -1.21. The third-order valence-electron chi connectivity index (χ3n) is 5.41. The number of nitrogens with zero attached hydrogens (tertiary/aromatic N) is 2. The maximum absolute atomic E-state index is 13.9. The van der Waals surface area contributed by atoms with Gasteiger partial charge in [0.2, 0.25) is 11.8 Å². The van der Waals surface area contributed by atoms with Crippen LogP contribution in [0.25, 0.3) is 0 Å². The molecule has 1 N–H and O–H groups in total. The van der Waals surface area contributed by atoms with Crippen molar-refractivity contribution in [3.05, 3.63) is 94.3 Å². The molecule has 1 aliphatic rings. The van der Waals surface area contributed by atoms with E-state index in [1.54, 1.807) is 23.1 Å². The molecule has 4 rings (SSSR count). The Kier molecular flexibility index (Phi) is 7.34. The van der Waals surface area contributed by atoms with E-state index in [0.29, 0.717) is 10.2 Å². The predicted molar refractivity (Wildman–Crippen MR) is 136 cm³/mol. The lowest BCUT2D eigenvalue weighted by molar-refractivity contribution is -0.128. The van der Waals surface area contributed by atoms with Crippen LogP contribution in [0.5, 0.6) is 0 Å². The average Bonchev–Trinajstić information content (AvgIpc) is 3.08. The molecular formula is C26H23ClFN3O2S. The second kappa shape index (κ2) is 10.4. The van der Waals surface area contributed by atoms with Gasteiger partial charge in [0.25, 0.3) is 0 Å². The molecule has 3 aromatic carbocycles. The van der Waals surface area contributed by atoms with E-state index in [4.69, 9.17) is 16.6 Å². The van der Waals surface area contributed by atoms with Gasteiger partial charge < -0.3 is 5.32 Å². The zero-order valence-electron chi connectivity index (χ0n) is 18.7. The molecule has 8 heteroatoms. The number of aryl methyl sites for hydroxylation is 2. The lowest BCUT2D eigenvalue weighted by atomic mass is 10.1. The van der Waals surface area contributed by atoms with Crippen molar-refractivity contribution < 1.29 is 14.0 Å². The molecule has 0 bridgehead atoms. The lowest BCUT2D eigenvalue weighted by Crippen LogP contribution is -2.33. The Morgan fingerprint density at radius 1 is 1.12 bits per heavy atom. The molecule has 1 aliphatic heterocycles. The number of rotatable bonds is 6. The normalized spacial score (nSPS) is 16.8. The summed E-state index contributed by atoms with van der Waals surface area (Å²) in [5, 5.41) is 2.92. The van der Waals surface area contributed by atoms with Crippen LogP contribution in [0, 0.1) is 19.7 Å². The van der Waals surface area contributed by atoms with E-state index in [-0.39, 0.29) is 24.6 Å². The number of carbonyl (C=O) groups is 2.